The molecule has 0 aromatic heterocycles. The Kier molecular flexibility index (Phi) is 6.27. The number of hydrogen-bond donors (Lipinski definition) is 3. The molecule has 2 N–H and O–H groups in total. The molecule has 1 aromatic rings. The average Bonchev–Trinajstić information content (AvgIpc) is 2.38. The van der Waals surface area contributed by atoms with Crippen molar-refractivity contribution in [2.45, 2.75) is 25.6 Å². The molecule has 0 aliphatic rings. The number of aliphatic hydroxyl groups excluding tert-OH is 2. The van der Waals surface area contributed by atoms with E-state index in [0.29, 0.717) is 5.75 Å². The van der Waals surface area contributed by atoms with Crippen LogP contribution in [0.25, 0.3) is 0 Å². The van der Waals surface area contributed by atoms with Gasteiger partial charge in [-0.15, -0.1) is 0 Å². The van der Waals surface area contributed by atoms with Gasteiger partial charge in [0.25, 0.3) is 0 Å². The Morgan fingerprint density at radius 3 is 2.74 bits per heavy atom. The minimum atomic E-state index is -1.36. The summed E-state index contributed by atoms with van der Waals surface area (Å²) in [6.45, 7) is 1.82. The van der Waals surface area contributed by atoms with Crippen molar-refractivity contribution in [3.63, 3.8) is 0 Å². The zero-order chi connectivity index (χ0) is 14.4. The first kappa shape index (κ1) is 15.9. The van der Waals surface area contributed by atoms with Crippen molar-refractivity contribution >= 4 is 18.6 Å². The van der Waals surface area contributed by atoms with E-state index in [4.69, 9.17) is 4.74 Å². The summed E-state index contributed by atoms with van der Waals surface area (Å²) in [6.07, 6.45) is -2.25. The number of benzene rings is 1. The molecule has 19 heavy (non-hydrogen) atoms. The lowest BCUT2D eigenvalue weighted by Gasteiger charge is -2.19. The van der Waals surface area contributed by atoms with Crippen LogP contribution in [0.5, 0.6) is 0 Å². The van der Waals surface area contributed by atoms with Crippen molar-refractivity contribution in [1.82, 2.24) is 0 Å². The van der Waals surface area contributed by atoms with Crippen molar-refractivity contribution < 1.29 is 24.1 Å². The van der Waals surface area contributed by atoms with Gasteiger partial charge in [-0.3, -0.25) is 0 Å². The molecule has 4 nitrogen and oxygen atoms in total. The molecule has 1 rings (SSSR count). The van der Waals surface area contributed by atoms with E-state index in [1.54, 1.807) is 6.92 Å². The molecule has 6 heteroatoms. The molecule has 0 radical (unpaired) electrons. The molecule has 2 atom stereocenters. The minimum Gasteiger partial charge on any atom is -0.462 e. The summed E-state index contributed by atoms with van der Waals surface area (Å²) < 4.78 is 18.1. The van der Waals surface area contributed by atoms with Gasteiger partial charge in [0.1, 0.15) is 11.9 Å². The van der Waals surface area contributed by atoms with E-state index in [2.05, 4.69) is 12.6 Å². The van der Waals surface area contributed by atoms with Crippen LogP contribution in [0.15, 0.2) is 18.2 Å². The van der Waals surface area contributed by atoms with Crippen molar-refractivity contribution in [1.29, 1.82) is 0 Å². The van der Waals surface area contributed by atoms with E-state index >= 15 is 0 Å². The second-order valence-electron chi connectivity index (χ2n) is 3.98. The van der Waals surface area contributed by atoms with E-state index in [0.717, 1.165) is 12.1 Å². The van der Waals surface area contributed by atoms with Crippen LogP contribution < -0.4 is 0 Å². The van der Waals surface area contributed by atoms with Crippen molar-refractivity contribution in [3.8, 4) is 0 Å². The van der Waals surface area contributed by atoms with Gasteiger partial charge in [-0.2, -0.15) is 12.6 Å². The van der Waals surface area contributed by atoms with Gasteiger partial charge in [0.2, 0.25) is 0 Å². The van der Waals surface area contributed by atoms with Crippen LogP contribution >= 0.6 is 12.6 Å². The first-order valence-electron chi connectivity index (χ1n) is 5.94. The van der Waals surface area contributed by atoms with Crippen LogP contribution in [0.2, 0.25) is 0 Å². The lowest BCUT2D eigenvalue weighted by molar-refractivity contribution is 0.0155. The van der Waals surface area contributed by atoms with Crippen LogP contribution in [-0.4, -0.2) is 34.6 Å². The summed E-state index contributed by atoms with van der Waals surface area (Å²) in [5, 5.41) is 19.7. The Morgan fingerprint density at radius 1 is 1.47 bits per heavy atom. The first-order chi connectivity index (χ1) is 9.01. The topological polar surface area (TPSA) is 66.8 Å². The molecular formula is C13H17FO4S. The first-order valence-corrected chi connectivity index (χ1v) is 6.58. The van der Waals surface area contributed by atoms with Gasteiger partial charge in [-0.05, 0) is 37.3 Å². The maximum absolute atomic E-state index is 13.2. The fourth-order valence-corrected chi connectivity index (χ4v) is 1.93. The summed E-state index contributed by atoms with van der Waals surface area (Å²) in [7, 11) is 0. The van der Waals surface area contributed by atoms with Gasteiger partial charge in [0.15, 0.2) is 0 Å². The third-order valence-electron chi connectivity index (χ3n) is 2.62. The predicted octanol–water partition coefficient (Wildman–Crippen LogP) is 1.72. The molecule has 0 amide bonds. The summed E-state index contributed by atoms with van der Waals surface area (Å²) in [4.78, 5) is 11.7. The summed E-state index contributed by atoms with van der Waals surface area (Å²) >= 11 is 3.95. The fraction of sp³-hybridized carbons (Fsp3) is 0.462. The zero-order valence-corrected chi connectivity index (χ0v) is 11.4. The molecule has 2 unspecified atom stereocenters. The smallest absolute Gasteiger partial charge is 0.338 e. The van der Waals surface area contributed by atoms with E-state index in [1.807, 2.05) is 0 Å². The van der Waals surface area contributed by atoms with E-state index in [9.17, 15) is 19.4 Å². The number of carbonyl (C=O) groups is 1. The molecule has 0 aliphatic carbocycles. The van der Waals surface area contributed by atoms with Crippen LogP contribution in [0.1, 0.15) is 35.4 Å². The maximum atomic E-state index is 13.2. The number of aliphatic hydroxyl groups is 2. The Labute approximate surface area is 116 Å². The van der Waals surface area contributed by atoms with Gasteiger partial charge in [0, 0.05) is 5.56 Å². The molecular weight excluding hydrogens is 271 g/mol. The van der Waals surface area contributed by atoms with Crippen LogP contribution in [-0.2, 0) is 4.74 Å². The second kappa shape index (κ2) is 7.47. The highest BCUT2D eigenvalue weighted by molar-refractivity contribution is 7.80. The third kappa shape index (κ3) is 4.19. The van der Waals surface area contributed by atoms with Crippen molar-refractivity contribution in [2.24, 2.45) is 0 Å². The highest BCUT2D eigenvalue weighted by Gasteiger charge is 2.24. The van der Waals surface area contributed by atoms with Gasteiger partial charge in [-0.1, -0.05) is 0 Å². The molecule has 0 spiro atoms. The van der Waals surface area contributed by atoms with Crippen LogP contribution in [0.3, 0.4) is 0 Å². The lowest BCUT2D eigenvalue weighted by Crippen LogP contribution is -2.22. The fourth-order valence-electron chi connectivity index (χ4n) is 1.67. The molecule has 0 fully saturated rings. The molecule has 1 aromatic carbocycles. The molecule has 0 bridgehead atoms. The van der Waals surface area contributed by atoms with Crippen molar-refractivity contribution in [3.05, 3.63) is 35.1 Å². The highest BCUT2D eigenvalue weighted by atomic mass is 32.1. The van der Waals surface area contributed by atoms with E-state index in [1.165, 1.54) is 6.07 Å². The number of carbonyl (C=O) groups excluding carboxylic acids is 1. The number of hydrogen-bond acceptors (Lipinski definition) is 5. The van der Waals surface area contributed by atoms with Gasteiger partial charge < -0.3 is 14.9 Å². The lowest BCUT2D eigenvalue weighted by atomic mass is 9.97. The Bertz CT molecular complexity index is 439. The van der Waals surface area contributed by atoms with Gasteiger partial charge in [0.05, 0.1) is 18.3 Å². The Balaban J connectivity index is 3.09. The SMILES string of the molecule is CCOC(=O)c1ccc(F)cc1C(O)C(O)CCS. The number of thiol groups is 1. The van der Waals surface area contributed by atoms with Gasteiger partial charge >= 0.3 is 5.97 Å². The Hall–Kier alpha value is -1.11. The predicted molar refractivity (Wildman–Crippen MR) is 71.8 cm³/mol. The molecule has 0 aliphatic heterocycles. The molecule has 0 saturated carbocycles. The highest BCUT2D eigenvalue weighted by Crippen LogP contribution is 2.24. The molecule has 106 valence electrons. The Morgan fingerprint density at radius 2 is 2.16 bits per heavy atom. The number of rotatable bonds is 6. The number of halogens is 1. The molecule has 0 heterocycles. The van der Waals surface area contributed by atoms with E-state index in [-0.39, 0.29) is 24.2 Å². The maximum Gasteiger partial charge on any atom is 0.338 e. The number of ether oxygens (including phenoxy) is 1. The third-order valence-corrected chi connectivity index (χ3v) is 2.88. The number of esters is 1. The standard InChI is InChI=1S/C13H17FO4S/c1-2-18-13(17)9-4-3-8(14)7-10(9)12(16)11(15)5-6-19/h3-4,7,11-12,15-16,19H,2,5-6H2,1H3. The quantitative estimate of drug-likeness (QED) is 0.551. The average molecular weight is 288 g/mol. The second-order valence-corrected chi connectivity index (χ2v) is 4.42. The van der Waals surface area contributed by atoms with Crippen LogP contribution in [0.4, 0.5) is 4.39 Å². The minimum absolute atomic E-state index is 0.0210. The summed E-state index contributed by atoms with van der Waals surface area (Å²) in [6, 6.07) is 3.37. The van der Waals surface area contributed by atoms with Crippen molar-refractivity contribution in [2.75, 3.05) is 12.4 Å². The summed E-state index contributed by atoms with van der Waals surface area (Å²) in [5.74, 6) is -0.891. The summed E-state index contributed by atoms with van der Waals surface area (Å²) in [5.41, 5.74) is 0.0710. The van der Waals surface area contributed by atoms with Crippen LogP contribution in [0, 0.1) is 5.82 Å². The monoisotopic (exact) mass is 288 g/mol. The molecule has 0 saturated heterocycles. The van der Waals surface area contributed by atoms with Gasteiger partial charge in [-0.25, -0.2) is 9.18 Å². The zero-order valence-electron chi connectivity index (χ0n) is 10.5. The van der Waals surface area contributed by atoms with E-state index < -0.39 is 24.0 Å². The normalized spacial score (nSPS) is 13.9. The largest absolute Gasteiger partial charge is 0.462 e.